The molecular weight excluding hydrogens is 321 g/mol. The van der Waals surface area contributed by atoms with E-state index >= 15 is 0 Å². The molecule has 1 aromatic carbocycles. The Bertz CT molecular complexity index is 544. The Morgan fingerprint density at radius 2 is 2.17 bits per heavy atom. The van der Waals surface area contributed by atoms with Gasteiger partial charge in [-0.1, -0.05) is 18.5 Å². The third kappa shape index (κ3) is 2.76. The second kappa shape index (κ2) is 5.87. The summed E-state index contributed by atoms with van der Waals surface area (Å²) in [6.45, 7) is 2.71. The zero-order valence-electron chi connectivity index (χ0n) is 9.71. The summed E-state index contributed by atoms with van der Waals surface area (Å²) >= 11 is 9.48. The second-order valence-electron chi connectivity index (χ2n) is 3.81. The number of halogens is 3. The van der Waals surface area contributed by atoms with Crippen LogP contribution in [0, 0.1) is 5.82 Å². The quantitative estimate of drug-likeness (QED) is 0.889. The molecule has 0 spiro atoms. The summed E-state index contributed by atoms with van der Waals surface area (Å²) in [7, 11) is 0. The van der Waals surface area contributed by atoms with Crippen LogP contribution in [0.3, 0.4) is 0 Å². The Kier molecular flexibility index (Phi) is 4.43. The highest BCUT2D eigenvalue weighted by Crippen LogP contribution is 2.33. The summed E-state index contributed by atoms with van der Waals surface area (Å²) in [5.41, 5.74) is 1.59. The molecule has 1 N–H and O–H groups in total. The molecule has 0 saturated carbocycles. The first-order chi connectivity index (χ1) is 8.63. The third-order valence-electron chi connectivity index (χ3n) is 2.63. The number of rotatable bonds is 4. The van der Waals surface area contributed by atoms with Crippen LogP contribution in [-0.4, -0.2) is 6.54 Å². The van der Waals surface area contributed by atoms with Crippen molar-refractivity contribution in [3.63, 3.8) is 0 Å². The van der Waals surface area contributed by atoms with Crippen molar-refractivity contribution in [1.29, 1.82) is 0 Å². The first-order valence-corrected chi connectivity index (χ1v) is 6.71. The summed E-state index contributed by atoms with van der Waals surface area (Å²) in [5.74, 6) is -0.308. The Hall–Kier alpha value is -0.840. The van der Waals surface area contributed by atoms with Gasteiger partial charge in [0.1, 0.15) is 5.82 Å². The number of hydrogen-bond donors (Lipinski definition) is 1. The normalized spacial score (nSPS) is 12.7. The van der Waals surface area contributed by atoms with Crippen molar-refractivity contribution in [3.8, 4) is 0 Å². The van der Waals surface area contributed by atoms with Crippen LogP contribution in [-0.2, 0) is 0 Å². The summed E-state index contributed by atoms with van der Waals surface area (Å²) in [6.07, 6.45) is 1.58. The lowest BCUT2D eigenvalue weighted by atomic mass is 10.0. The fraction of sp³-hybridized carbons (Fsp3) is 0.231. The van der Waals surface area contributed by atoms with Gasteiger partial charge in [-0.3, -0.25) is 0 Å². The minimum atomic E-state index is -0.308. The fourth-order valence-electron chi connectivity index (χ4n) is 1.84. The average Bonchev–Trinajstić information content (AvgIpc) is 2.76. The monoisotopic (exact) mass is 331 g/mol. The minimum absolute atomic E-state index is 0.202. The van der Waals surface area contributed by atoms with Crippen LogP contribution in [0.2, 0.25) is 5.02 Å². The summed E-state index contributed by atoms with van der Waals surface area (Å²) < 4.78 is 19.2. The van der Waals surface area contributed by atoms with E-state index in [-0.39, 0.29) is 11.9 Å². The van der Waals surface area contributed by atoms with E-state index in [0.29, 0.717) is 15.3 Å². The van der Waals surface area contributed by atoms with Gasteiger partial charge in [0.15, 0.2) is 4.67 Å². The van der Waals surface area contributed by atoms with Gasteiger partial charge in [0, 0.05) is 10.6 Å². The molecule has 0 aliphatic carbocycles. The number of benzene rings is 1. The van der Waals surface area contributed by atoms with Gasteiger partial charge in [0.2, 0.25) is 0 Å². The molecular formula is C13H12BrClFNO. The van der Waals surface area contributed by atoms with Crippen molar-refractivity contribution in [3.05, 3.63) is 57.2 Å². The van der Waals surface area contributed by atoms with Crippen molar-refractivity contribution in [1.82, 2.24) is 5.32 Å². The largest absolute Gasteiger partial charge is 0.457 e. The smallest absolute Gasteiger partial charge is 0.174 e. The molecule has 0 fully saturated rings. The Morgan fingerprint density at radius 1 is 1.39 bits per heavy atom. The van der Waals surface area contributed by atoms with Crippen molar-refractivity contribution in [2.45, 2.75) is 13.0 Å². The zero-order valence-corrected chi connectivity index (χ0v) is 12.1. The van der Waals surface area contributed by atoms with Gasteiger partial charge in [-0.2, -0.15) is 0 Å². The molecule has 0 bridgehead atoms. The highest BCUT2D eigenvalue weighted by molar-refractivity contribution is 9.10. The second-order valence-corrected chi connectivity index (χ2v) is 4.93. The molecule has 0 aliphatic rings. The molecule has 0 radical (unpaired) electrons. The lowest BCUT2D eigenvalue weighted by molar-refractivity contribution is 0.526. The zero-order chi connectivity index (χ0) is 13.1. The molecule has 2 rings (SSSR count). The van der Waals surface area contributed by atoms with Crippen LogP contribution in [0.25, 0.3) is 0 Å². The van der Waals surface area contributed by atoms with Crippen LogP contribution in [0.15, 0.2) is 39.6 Å². The molecule has 18 heavy (non-hydrogen) atoms. The molecule has 1 unspecified atom stereocenters. The molecule has 1 aromatic heterocycles. The number of furan rings is 1. The SMILES string of the molecule is CCNC(c1cc(F)ccc1Cl)c1ccoc1Br. The highest BCUT2D eigenvalue weighted by atomic mass is 79.9. The topological polar surface area (TPSA) is 25.2 Å². The molecule has 2 aromatic rings. The Morgan fingerprint density at radius 3 is 2.78 bits per heavy atom. The summed E-state index contributed by atoms with van der Waals surface area (Å²) in [5, 5.41) is 3.79. The number of nitrogens with one attached hydrogen (secondary N) is 1. The van der Waals surface area contributed by atoms with Crippen molar-refractivity contribution in [2.24, 2.45) is 0 Å². The Balaban J connectivity index is 2.48. The van der Waals surface area contributed by atoms with Crippen LogP contribution < -0.4 is 5.32 Å². The van der Waals surface area contributed by atoms with Crippen molar-refractivity contribution < 1.29 is 8.81 Å². The fourth-order valence-corrected chi connectivity index (χ4v) is 2.53. The molecule has 0 aliphatic heterocycles. The third-order valence-corrected chi connectivity index (χ3v) is 3.62. The summed E-state index contributed by atoms with van der Waals surface area (Å²) in [6, 6.07) is 5.98. The molecule has 2 nitrogen and oxygen atoms in total. The maximum absolute atomic E-state index is 13.4. The van der Waals surface area contributed by atoms with Gasteiger partial charge in [-0.25, -0.2) is 4.39 Å². The van der Waals surface area contributed by atoms with Gasteiger partial charge in [-0.15, -0.1) is 0 Å². The van der Waals surface area contributed by atoms with E-state index < -0.39 is 0 Å². The highest BCUT2D eigenvalue weighted by Gasteiger charge is 2.20. The predicted octanol–water partition coefficient (Wildman–Crippen LogP) is 4.53. The van der Waals surface area contributed by atoms with E-state index in [1.807, 2.05) is 13.0 Å². The van der Waals surface area contributed by atoms with E-state index in [1.54, 1.807) is 12.3 Å². The van der Waals surface area contributed by atoms with Crippen molar-refractivity contribution >= 4 is 27.5 Å². The standard InChI is InChI=1S/C13H12BrClFNO/c1-2-17-12(9-5-6-18-13(9)14)10-7-8(16)3-4-11(10)15/h3-7,12,17H,2H2,1H3. The van der Waals surface area contributed by atoms with Gasteiger partial charge in [0.25, 0.3) is 0 Å². The predicted molar refractivity (Wildman–Crippen MR) is 73.3 cm³/mol. The molecule has 96 valence electrons. The first kappa shape index (κ1) is 13.6. The first-order valence-electron chi connectivity index (χ1n) is 5.54. The average molecular weight is 333 g/mol. The molecule has 5 heteroatoms. The van der Waals surface area contributed by atoms with E-state index in [9.17, 15) is 4.39 Å². The lowest BCUT2D eigenvalue weighted by Gasteiger charge is -2.19. The maximum atomic E-state index is 13.4. The van der Waals surface area contributed by atoms with E-state index in [0.717, 1.165) is 12.1 Å². The molecule has 1 heterocycles. The molecule has 1 atom stereocenters. The summed E-state index contributed by atoms with van der Waals surface area (Å²) in [4.78, 5) is 0. The Labute approximate surface area is 118 Å². The van der Waals surface area contributed by atoms with E-state index in [4.69, 9.17) is 16.0 Å². The van der Waals surface area contributed by atoms with Crippen molar-refractivity contribution in [2.75, 3.05) is 6.54 Å². The van der Waals surface area contributed by atoms with Gasteiger partial charge >= 0.3 is 0 Å². The van der Waals surface area contributed by atoms with Crippen LogP contribution in [0.5, 0.6) is 0 Å². The van der Waals surface area contributed by atoms with Gasteiger partial charge in [-0.05, 0) is 52.3 Å². The van der Waals surface area contributed by atoms with Crippen LogP contribution >= 0.6 is 27.5 Å². The van der Waals surface area contributed by atoms with Gasteiger partial charge < -0.3 is 9.73 Å². The van der Waals surface area contributed by atoms with Crippen LogP contribution in [0.4, 0.5) is 4.39 Å². The number of hydrogen-bond acceptors (Lipinski definition) is 2. The lowest BCUT2D eigenvalue weighted by Crippen LogP contribution is -2.22. The van der Waals surface area contributed by atoms with E-state index in [1.165, 1.54) is 12.1 Å². The molecule has 0 amide bonds. The maximum Gasteiger partial charge on any atom is 0.174 e. The minimum Gasteiger partial charge on any atom is -0.457 e. The van der Waals surface area contributed by atoms with E-state index in [2.05, 4.69) is 21.2 Å². The molecule has 0 saturated heterocycles. The van der Waals surface area contributed by atoms with Gasteiger partial charge in [0.05, 0.1) is 12.3 Å². The van der Waals surface area contributed by atoms with Crippen LogP contribution in [0.1, 0.15) is 24.1 Å².